The van der Waals surface area contributed by atoms with Crippen LogP contribution in [0.4, 0.5) is 10.1 Å². The number of allylic oxidation sites excluding steroid dienone is 1. The van der Waals surface area contributed by atoms with Crippen molar-refractivity contribution in [2.24, 2.45) is 0 Å². The summed E-state index contributed by atoms with van der Waals surface area (Å²) in [5.41, 5.74) is 0.506. The number of rotatable bonds is 5. The molecule has 1 N–H and O–H groups in total. The highest BCUT2D eigenvalue weighted by molar-refractivity contribution is 6.10. The zero-order chi connectivity index (χ0) is 15.2. The fourth-order valence-electron chi connectivity index (χ4n) is 1.69. The zero-order valence-electron chi connectivity index (χ0n) is 10.8. The van der Waals surface area contributed by atoms with Crippen LogP contribution in [0.5, 0.6) is 0 Å². The Morgan fingerprint density at radius 1 is 1.10 bits per heavy atom. The summed E-state index contributed by atoms with van der Waals surface area (Å²) in [6, 6.07) is 13.4. The number of nitrogens with one attached hydrogen (secondary N) is 1. The number of carbonyl (C=O) groups is 1. The van der Waals surface area contributed by atoms with Crippen molar-refractivity contribution in [1.29, 1.82) is 0 Å². The number of nitrogens with zero attached hydrogens (tertiary/aromatic N) is 1. The molecule has 0 saturated heterocycles. The average Bonchev–Trinajstić information content (AvgIpc) is 2.47. The molecule has 0 aliphatic heterocycles. The molecule has 0 amide bonds. The summed E-state index contributed by atoms with van der Waals surface area (Å²) in [6.07, 6.45) is 0.596. The van der Waals surface area contributed by atoms with Crippen molar-refractivity contribution in [2.45, 2.75) is 0 Å². The van der Waals surface area contributed by atoms with Crippen molar-refractivity contribution in [2.75, 3.05) is 5.32 Å². The third kappa shape index (κ3) is 3.97. The van der Waals surface area contributed by atoms with Gasteiger partial charge in [-0.25, -0.2) is 4.39 Å². The van der Waals surface area contributed by atoms with Gasteiger partial charge in [0, 0.05) is 11.3 Å². The second-order valence-electron chi connectivity index (χ2n) is 4.16. The van der Waals surface area contributed by atoms with Gasteiger partial charge in [-0.1, -0.05) is 18.2 Å². The van der Waals surface area contributed by atoms with Crippen LogP contribution in [0.1, 0.15) is 10.4 Å². The van der Waals surface area contributed by atoms with E-state index in [0.29, 0.717) is 11.9 Å². The van der Waals surface area contributed by atoms with E-state index in [-0.39, 0.29) is 11.3 Å². The maximum absolute atomic E-state index is 12.9. The molecular weight excluding hydrogens is 275 g/mol. The Bertz CT molecular complexity index is 682. The molecule has 0 radical (unpaired) electrons. The van der Waals surface area contributed by atoms with Crippen molar-refractivity contribution in [3.63, 3.8) is 0 Å². The van der Waals surface area contributed by atoms with E-state index >= 15 is 0 Å². The van der Waals surface area contributed by atoms with Crippen LogP contribution in [0.25, 0.3) is 0 Å². The monoisotopic (exact) mass is 286 g/mol. The molecule has 0 bridgehead atoms. The summed E-state index contributed by atoms with van der Waals surface area (Å²) in [6.45, 7) is 0. The van der Waals surface area contributed by atoms with Crippen molar-refractivity contribution in [3.8, 4) is 0 Å². The first-order valence-corrected chi connectivity index (χ1v) is 6.04. The minimum atomic E-state index is -0.716. The summed E-state index contributed by atoms with van der Waals surface area (Å²) in [4.78, 5) is 22.2. The summed E-state index contributed by atoms with van der Waals surface area (Å²) < 4.78 is 12.9. The van der Waals surface area contributed by atoms with Crippen LogP contribution in [-0.2, 0) is 0 Å². The highest BCUT2D eigenvalue weighted by Gasteiger charge is 2.16. The van der Waals surface area contributed by atoms with E-state index in [1.54, 1.807) is 30.3 Å². The molecule has 2 rings (SSSR count). The second-order valence-corrected chi connectivity index (χ2v) is 4.16. The predicted octanol–water partition coefficient (Wildman–Crippen LogP) is 3.24. The quantitative estimate of drug-likeness (QED) is 0.396. The van der Waals surface area contributed by atoms with Crippen LogP contribution >= 0.6 is 0 Å². The van der Waals surface area contributed by atoms with Crippen LogP contribution in [0.15, 0.2) is 66.5 Å². The van der Waals surface area contributed by atoms with Gasteiger partial charge in [0.2, 0.25) is 5.78 Å². The van der Waals surface area contributed by atoms with Gasteiger partial charge in [-0.2, -0.15) is 0 Å². The van der Waals surface area contributed by atoms with Gasteiger partial charge in [-0.3, -0.25) is 14.9 Å². The highest BCUT2D eigenvalue weighted by atomic mass is 19.1. The molecule has 0 atom stereocenters. The first-order valence-electron chi connectivity index (χ1n) is 6.04. The third-order valence-corrected chi connectivity index (χ3v) is 2.64. The molecule has 2 aromatic carbocycles. The number of hydrogen-bond donors (Lipinski definition) is 1. The number of ketones is 1. The molecule has 0 heterocycles. The standard InChI is InChI=1S/C15H11FN2O3/c16-12-8-6-11(7-9-12)15(19)14(10-18(20)21)17-13-4-2-1-3-5-13/h1-10,17H/b14-10-. The fraction of sp³-hybridized carbons (Fsp3) is 0. The summed E-state index contributed by atoms with van der Waals surface area (Å²) in [5, 5.41) is 13.4. The third-order valence-electron chi connectivity index (χ3n) is 2.64. The van der Waals surface area contributed by atoms with Gasteiger partial charge in [0.1, 0.15) is 5.82 Å². The SMILES string of the molecule is O=C(/C(=C/[N+](=O)[O-])Nc1ccccc1)c1ccc(F)cc1. The molecule has 0 unspecified atom stereocenters. The number of carbonyl (C=O) groups excluding carboxylic acids is 1. The molecule has 0 fully saturated rings. The molecule has 6 heteroatoms. The molecule has 5 nitrogen and oxygen atoms in total. The lowest BCUT2D eigenvalue weighted by atomic mass is 10.1. The maximum Gasteiger partial charge on any atom is 0.261 e. The van der Waals surface area contributed by atoms with Crippen LogP contribution in [0.3, 0.4) is 0 Å². The molecule has 106 valence electrons. The van der Waals surface area contributed by atoms with Crippen LogP contribution in [0, 0.1) is 15.9 Å². The minimum absolute atomic E-state index is 0.160. The largest absolute Gasteiger partial charge is 0.347 e. The summed E-state index contributed by atoms with van der Waals surface area (Å²) in [7, 11) is 0. The fourth-order valence-corrected chi connectivity index (χ4v) is 1.69. The Labute approximate surface area is 119 Å². The molecular formula is C15H11FN2O3. The van der Waals surface area contributed by atoms with Gasteiger partial charge in [-0.05, 0) is 36.4 Å². The predicted molar refractivity (Wildman–Crippen MR) is 75.9 cm³/mol. The lowest BCUT2D eigenvalue weighted by Gasteiger charge is -2.08. The van der Waals surface area contributed by atoms with Crippen LogP contribution in [0.2, 0.25) is 0 Å². The highest BCUT2D eigenvalue weighted by Crippen LogP contribution is 2.14. The van der Waals surface area contributed by atoms with E-state index in [1.807, 2.05) is 0 Å². The Kier molecular flexibility index (Phi) is 4.40. The van der Waals surface area contributed by atoms with E-state index in [4.69, 9.17) is 0 Å². The molecule has 0 aromatic heterocycles. The molecule has 0 aliphatic carbocycles. The summed E-state index contributed by atoms with van der Waals surface area (Å²) >= 11 is 0. The van der Waals surface area contributed by atoms with Crippen molar-refractivity contribution in [1.82, 2.24) is 0 Å². The van der Waals surface area contributed by atoms with Crippen molar-refractivity contribution < 1.29 is 14.1 Å². The minimum Gasteiger partial charge on any atom is -0.347 e. The number of Topliss-reactive ketones (excluding diaryl/α,β-unsaturated/α-hetero) is 1. The number of benzene rings is 2. The zero-order valence-corrected chi connectivity index (χ0v) is 10.8. The van der Waals surface area contributed by atoms with Crippen LogP contribution < -0.4 is 5.32 Å². The van der Waals surface area contributed by atoms with E-state index in [9.17, 15) is 19.3 Å². The van der Waals surface area contributed by atoms with Crippen molar-refractivity contribution >= 4 is 11.5 Å². The smallest absolute Gasteiger partial charge is 0.261 e. The van der Waals surface area contributed by atoms with Gasteiger partial charge in [0.25, 0.3) is 6.20 Å². The summed E-state index contributed by atoms with van der Waals surface area (Å²) in [5.74, 6) is -1.07. The average molecular weight is 286 g/mol. The lowest BCUT2D eigenvalue weighted by molar-refractivity contribution is -0.403. The number of anilines is 1. The van der Waals surface area contributed by atoms with Gasteiger partial charge in [-0.15, -0.1) is 0 Å². The lowest BCUT2D eigenvalue weighted by Crippen LogP contribution is -2.13. The van der Waals surface area contributed by atoms with Crippen molar-refractivity contribution in [3.05, 3.63) is 88.0 Å². The van der Waals surface area contributed by atoms with E-state index in [2.05, 4.69) is 5.32 Å². The van der Waals surface area contributed by atoms with Gasteiger partial charge in [0.05, 0.1) is 4.92 Å². The maximum atomic E-state index is 12.9. The number of halogens is 1. The second kappa shape index (κ2) is 6.42. The Morgan fingerprint density at radius 3 is 2.29 bits per heavy atom. The first-order chi connectivity index (χ1) is 10.1. The van der Waals surface area contributed by atoms with Gasteiger partial charge >= 0.3 is 0 Å². The Hall–Kier alpha value is -3.02. The Morgan fingerprint density at radius 2 is 1.71 bits per heavy atom. The van der Waals surface area contributed by atoms with E-state index < -0.39 is 16.5 Å². The normalized spacial score (nSPS) is 11.0. The molecule has 2 aromatic rings. The Balaban J connectivity index is 2.30. The van der Waals surface area contributed by atoms with Gasteiger partial charge < -0.3 is 5.32 Å². The number of para-hydroxylation sites is 1. The molecule has 0 aliphatic rings. The number of hydrogen-bond acceptors (Lipinski definition) is 4. The molecule has 0 spiro atoms. The molecule has 0 saturated carbocycles. The molecule has 21 heavy (non-hydrogen) atoms. The van der Waals surface area contributed by atoms with E-state index in [0.717, 1.165) is 12.1 Å². The number of nitro groups is 1. The van der Waals surface area contributed by atoms with Gasteiger partial charge in [0.15, 0.2) is 5.70 Å². The topological polar surface area (TPSA) is 72.2 Å². The van der Waals surface area contributed by atoms with E-state index in [1.165, 1.54) is 12.1 Å². The first kappa shape index (κ1) is 14.4. The van der Waals surface area contributed by atoms with Crippen LogP contribution in [-0.4, -0.2) is 10.7 Å².